The molecule has 0 unspecified atom stereocenters. The third-order valence-electron chi connectivity index (χ3n) is 5.03. The van der Waals surface area contributed by atoms with Crippen LogP contribution in [0.5, 0.6) is 0 Å². The number of amides is 3. The molecule has 3 rings (SSSR count). The zero-order chi connectivity index (χ0) is 17.8. The highest BCUT2D eigenvalue weighted by atomic mass is 16.2. The van der Waals surface area contributed by atoms with Crippen molar-refractivity contribution in [2.75, 3.05) is 13.1 Å². The van der Waals surface area contributed by atoms with Crippen LogP contribution in [0.2, 0.25) is 0 Å². The molecule has 134 valence electrons. The Labute approximate surface area is 147 Å². The molecule has 0 bridgehead atoms. The maximum atomic E-state index is 12.2. The van der Waals surface area contributed by atoms with Crippen LogP contribution in [0.3, 0.4) is 0 Å². The average molecular weight is 343 g/mol. The quantitative estimate of drug-likeness (QED) is 0.816. The first-order valence-electron chi connectivity index (χ1n) is 9.06. The summed E-state index contributed by atoms with van der Waals surface area (Å²) in [5.41, 5.74) is 6.67. The summed E-state index contributed by atoms with van der Waals surface area (Å²) in [7, 11) is 0. The van der Waals surface area contributed by atoms with Gasteiger partial charge in [-0.05, 0) is 49.8 Å². The van der Waals surface area contributed by atoms with Crippen molar-refractivity contribution in [2.24, 2.45) is 11.8 Å². The summed E-state index contributed by atoms with van der Waals surface area (Å²) in [6, 6.07) is 7.32. The highest BCUT2D eigenvalue weighted by Gasteiger charge is 2.35. The number of aryl methyl sites for hydroxylation is 1. The van der Waals surface area contributed by atoms with E-state index in [-0.39, 0.29) is 29.6 Å². The average Bonchev–Trinajstić information content (AvgIpc) is 3.50. The first-order valence-corrected chi connectivity index (χ1v) is 9.06. The minimum absolute atomic E-state index is 0.161. The Hall–Kier alpha value is -2.37. The van der Waals surface area contributed by atoms with E-state index >= 15 is 0 Å². The molecule has 1 aliphatic carbocycles. The van der Waals surface area contributed by atoms with Crippen molar-refractivity contribution >= 4 is 17.7 Å². The van der Waals surface area contributed by atoms with Gasteiger partial charge in [-0.2, -0.15) is 0 Å². The molecule has 2 aliphatic rings. The van der Waals surface area contributed by atoms with E-state index < -0.39 is 0 Å². The van der Waals surface area contributed by atoms with Crippen LogP contribution in [0.15, 0.2) is 24.3 Å². The number of carbonyl (C=O) groups is 3. The molecule has 1 saturated heterocycles. The summed E-state index contributed by atoms with van der Waals surface area (Å²) < 4.78 is 0. The molecule has 0 spiro atoms. The number of hydrazine groups is 1. The van der Waals surface area contributed by atoms with Crippen molar-refractivity contribution in [3.05, 3.63) is 35.4 Å². The van der Waals surface area contributed by atoms with Gasteiger partial charge in [-0.1, -0.05) is 19.1 Å². The molecule has 1 aromatic carbocycles. The highest BCUT2D eigenvalue weighted by molar-refractivity contribution is 5.95. The zero-order valence-electron chi connectivity index (χ0n) is 14.6. The maximum absolute atomic E-state index is 12.2. The lowest BCUT2D eigenvalue weighted by Gasteiger charge is -2.31. The van der Waals surface area contributed by atoms with Gasteiger partial charge in [-0.15, -0.1) is 0 Å². The van der Waals surface area contributed by atoms with E-state index in [1.165, 1.54) is 0 Å². The number of nitrogens with one attached hydrogen (secondary N) is 2. The zero-order valence-corrected chi connectivity index (χ0v) is 14.6. The predicted octanol–water partition coefficient (Wildman–Crippen LogP) is 1.66. The van der Waals surface area contributed by atoms with E-state index in [0.717, 1.165) is 24.8 Å². The van der Waals surface area contributed by atoms with Crippen molar-refractivity contribution in [1.82, 2.24) is 15.8 Å². The fourth-order valence-electron chi connectivity index (χ4n) is 3.13. The van der Waals surface area contributed by atoms with E-state index in [9.17, 15) is 14.4 Å². The first-order chi connectivity index (χ1) is 12.1. The Morgan fingerprint density at radius 3 is 2.16 bits per heavy atom. The van der Waals surface area contributed by atoms with Gasteiger partial charge in [-0.25, -0.2) is 0 Å². The molecule has 1 aliphatic heterocycles. The summed E-state index contributed by atoms with van der Waals surface area (Å²) in [5, 5.41) is 0. The van der Waals surface area contributed by atoms with Crippen molar-refractivity contribution in [2.45, 2.75) is 39.0 Å². The van der Waals surface area contributed by atoms with Crippen LogP contribution in [-0.2, 0) is 16.0 Å². The number of hydrogen-bond donors (Lipinski definition) is 2. The minimum Gasteiger partial charge on any atom is -0.342 e. The van der Waals surface area contributed by atoms with Crippen LogP contribution < -0.4 is 10.9 Å². The van der Waals surface area contributed by atoms with E-state index in [0.29, 0.717) is 31.5 Å². The molecule has 6 nitrogen and oxygen atoms in total. The largest absolute Gasteiger partial charge is 0.342 e. The minimum atomic E-state index is -0.322. The molecule has 0 atom stereocenters. The normalized spacial score (nSPS) is 17.9. The van der Waals surface area contributed by atoms with Gasteiger partial charge in [0.05, 0.1) is 0 Å². The Kier molecular flexibility index (Phi) is 5.36. The topological polar surface area (TPSA) is 78.5 Å². The summed E-state index contributed by atoms with van der Waals surface area (Å²) in [4.78, 5) is 38.2. The Bertz CT molecular complexity index is 644. The number of nitrogens with zero attached hydrogens (tertiary/aromatic N) is 1. The Morgan fingerprint density at radius 2 is 1.60 bits per heavy atom. The second kappa shape index (κ2) is 7.68. The van der Waals surface area contributed by atoms with Crippen LogP contribution in [0.1, 0.15) is 48.5 Å². The monoisotopic (exact) mass is 343 g/mol. The molecule has 2 N–H and O–H groups in total. The van der Waals surface area contributed by atoms with Gasteiger partial charge >= 0.3 is 0 Å². The third-order valence-corrected chi connectivity index (χ3v) is 5.03. The van der Waals surface area contributed by atoms with Gasteiger partial charge in [0.15, 0.2) is 0 Å². The van der Waals surface area contributed by atoms with E-state index in [1.807, 2.05) is 17.0 Å². The molecule has 1 heterocycles. The van der Waals surface area contributed by atoms with Crippen LogP contribution in [0.4, 0.5) is 0 Å². The molecule has 0 radical (unpaired) electrons. The van der Waals surface area contributed by atoms with Crippen LogP contribution in [0, 0.1) is 11.8 Å². The Balaban J connectivity index is 1.43. The smallest absolute Gasteiger partial charge is 0.269 e. The lowest BCUT2D eigenvalue weighted by molar-refractivity contribution is -0.136. The fraction of sp³-hybridized carbons (Fsp3) is 0.526. The lowest BCUT2D eigenvalue weighted by Crippen LogP contribution is -2.48. The summed E-state index contributed by atoms with van der Waals surface area (Å²) in [6.45, 7) is 3.30. The third kappa shape index (κ3) is 4.38. The summed E-state index contributed by atoms with van der Waals surface area (Å²) in [6.07, 6.45) is 4.21. The van der Waals surface area contributed by atoms with E-state index in [4.69, 9.17) is 0 Å². The van der Waals surface area contributed by atoms with Crippen molar-refractivity contribution in [3.8, 4) is 0 Å². The second-order valence-electron chi connectivity index (χ2n) is 6.87. The Morgan fingerprint density at radius 1 is 0.960 bits per heavy atom. The van der Waals surface area contributed by atoms with Gasteiger partial charge < -0.3 is 4.90 Å². The standard InChI is InChI=1S/C19H25N3O3/c1-2-13-3-5-14(6-4-13)17(23)20-21-18(24)15-9-11-22(12-10-15)19(25)16-7-8-16/h3-6,15-16H,2,7-12H2,1H3,(H,20,23)(H,21,24). The molecule has 1 saturated carbocycles. The molecule has 3 amide bonds. The number of likely N-dealkylation sites (tertiary alicyclic amines) is 1. The van der Waals surface area contributed by atoms with Gasteiger partial charge in [0.2, 0.25) is 11.8 Å². The van der Waals surface area contributed by atoms with Crippen LogP contribution in [0.25, 0.3) is 0 Å². The number of rotatable bonds is 4. The van der Waals surface area contributed by atoms with Crippen molar-refractivity contribution < 1.29 is 14.4 Å². The molecular weight excluding hydrogens is 318 g/mol. The molecule has 2 fully saturated rings. The first kappa shape index (κ1) is 17.5. The second-order valence-corrected chi connectivity index (χ2v) is 6.87. The molecule has 6 heteroatoms. The molecule has 1 aromatic rings. The number of piperidine rings is 1. The van der Waals surface area contributed by atoms with Crippen molar-refractivity contribution in [3.63, 3.8) is 0 Å². The molecular formula is C19H25N3O3. The van der Waals surface area contributed by atoms with Crippen LogP contribution >= 0.6 is 0 Å². The maximum Gasteiger partial charge on any atom is 0.269 e. The number of benzene rings is 1. The molecule has 0 aromatic heterocycles. The van der Waals surface area contributed by atoms with Gasteiger partial charge in [0.25, 0.3) is 5.91 Å². The summed E-state index contributed by atoms with van der Waals surface area (Å²) in [5.74, 6) is -0.202. The number of hydrogen-bond acceptors (Lipinski definition) is 3. The van der Waals surface area contributed by atoms with Gasteiger partial charge in [0, 0.05) is 30.5 Å². The predicted molar refractivity (Wildman–Crippen MR) is 93.5 cm³/mol. The fourth-order valence-corrected chi connectivity index (χ4v) is 3.13. The highest BCUT2D eigenvalue weighted by Crippen LogP contribution is 2.32. The van der Waals surface area contributed by atoms with Crippen LogP contribution in [-0.4, -0.2) is 35.7 Å². The van der Waals surface area contributed by atoms with Gasteiger partial charge in [-0.3, -0.25) is 25.2 Å². The molecule has 25 heavy (non-hydrogen) atoms. The lowest BCUT2D eigenvalue weighted by atomic mass is 9.96. The van der Waals surface area contributed by atoms with E-state index in [1.54, 1.807) is 12.1 Å². The number of carbonyl (C=O) groups excluding carboxylic acids is 3. The summed E-state index contributed by atoms with van der Waals surface area (Å²) >= 11 is 0. The SMILES string of the molecule is CCc1ccc(C(=O)NNC(=O)C2CCN(C(=O)C3CC3)CC2)cc1. The van der Waals surface area contributed by atoms with Gasteiger partial charge in [0.1, 0.15) is 0 Å². The van der Waals surface area contributed by atoms with Crippen molar-refractivity contribution in [1.29, 1.82) is 0 Å². The van der Waals surface area contributed by atoms with E-state index in [2.05, 4.69) is 17.8 Å².